The summed E-state index contributed by atoms with van der Waals surface area (Å²) in [7, 11) is 0. The van der Waals surface area contributed by atoms with Crippen molar-refractivity contribution in [2.24, 2.45) is 0 Å². The van der Waals surface area contributed by atoms with E-state index in [9.17, 15) is 0 Å². The average molecular weight is 803 g/mol. The second-order valence-electron chi connectivity index (χ2n) is 16.5. The highest BCUT2D eigenvalue weighted by molar-refractivity contribution is 5.97. The summed E-state index contributed by atoms with van der Waals surface area (Å²) in [4.78, 5) is 4.81. The van der Waals surface area contributed by atoms with Crippen molar-refractivity contribution in [1.82, 2.24) is 0 Å². The SMILES string of the molecule is c1ccc(-c2ccc(N(c3ccccc3)c3ccc(N4c5ccccc5C5(c6cc(-c7ccccc7)ccc6-c6ccc(-c7ccccc7)cc65)c5ccccc54)cc3)cc2)cc1. The van der Waals surface area contributed by atoms with E-state index in [4.69, 9.17) is 0 Å². The van der Waals surface area contributed by atoms with Gasteiger partial charge in [-0.25, -0.2) is 0 Å². The minimum absolute atomic E-state index is 0.570. The highest BCUT2D eigenvalue weighted by Crippen LogP contribution is 2.64. The summed E-state index contributed by atoms with van der Waals surface area (Å²) in [6.07, 6.45) is 0. The smallest absolute Gasteiger partial charge is 0.0754 e. The number of hydrogen-bond donors (Lipinski definition) is 0. The lowest BCUT2D eigenvalue weighted by atomic mass is 9.64. The summed E-state index contributed by atoms with van der Waals surface area (Å²) in [5, 5.41) is 0. The monoisotopic (exact) mass is 802 g/mol. The standard InChI is InChI=1S/C61H42N2/c1-5-17-43(18-6-1)46-29-33-50(34-30-46)62(49-23-11-4-12-24-49)51-35-37-52(38-36-51)63-59-27-15-13-25-55(59)61(56-26-14-16-28-60(56)63)57-41-47(44-19-7-2-8-20-44)31-39-53(57)54-40-32-48(42-58(54)61)45-21-9-3-10-22-45/h1-42H. The lowest BCUT2D eigenvalue weighted by molar-refractivity contribution is 0.753. The summed E-state index contributed by atoms with van der Waals surface area (Å²) >= 11 is 0. The van der Waals surface area contributed by atoms with Crippen LogP contribution < -0.4 is 9.80 Å². The van der Waals surface area contributed by atoms with Gasteiger partial charge in [0.15, 0.2) is 0 Å². The van der Waals surface area contributed by atoms with Crippen LogP contribution in [0.25, 0.3) is 44.5 Å². The molecule has 0 fully saturated rings. The van der Waals surface area contributed by atoms with Gasteiger partial charge < -0.3 is 9.80 Å². The van der Waals surface area contributed by atoms with Crippen LogP contribution in [0.2, 0.25) is 0 Å². The van der Waals surface area contributed by atoms with Gasteiger partial charge in [0.2, 0.25) is 0 Å². The maximum absolute atomic E-state index is 2.47. The molecular weight excluding hydrogens is 761 g/mol. The molecule has 2 heteroatoms. The van der Waals surface area contributed by atoms with Crippen LogP contribution in [-0.4, -0.2) is 0 Å². The first-order chi connectivity index (χ1) is 31.3. The quantitative estimate of drug-likeness (QED) is 0.158. The second kappa shape index (κ2) is 15.1. The molecule has 63 heavy (non-hydrogen) atoms. The zero-order valence-corrected chi connectivity index (χ0v) is 34.6. The van der Waals surface area contributed by atoms with Gasteiger partial charge in [-0.3, -0.25) is 0 Å². The third kappa shape index (κ3) is 5.95. The molecule has 2 nitrogen and oxygen atoms in total. The Morgan fingerprint density at radius 2 is 0.619 bits per heavy atom. The van der Waals surface area contributed by atoms with Crippen molar-refractivity contribution in [3.05, 3.63) is 277 Å². The van der Waals surface area contributed by atoms with Gasteiger partial charge in [0.05, 0.1) is 16.8 Å². The lowest BCUT2D eigenvalue weighted by Gasteiger charge is -2.45. The number of para-hydroxylation sites is 3. The molecule has 0 saturated carbocycles. The van der Waals surface area contributed by atoms with Crippen molar-refractivity contribution in [1.29, 1.82) is 0 Å². The molecule has 0 radical (unpaired) electrons. The van der Waals surface area contributed by atoms with Crippen LogP contribution in [0.4, 0.5) is 34.1 Å². The molecule has 1 heterocycles. The zero-order valence-electron chi connectivity index (χ0n) is 34.6. The van der Waals surface area contributed by atoms with Crippen molar-refractivity contribution in [2.75, 3.05) is 9.80 Å². The maximum atomic E-state index is 2.47. The van der Waals surface area contributed by atoms with E-state index >= 15 is 0 Å². The topological polar surface area (TPSA) is 6.48 Å². The molecule has 12 rings (SSSR count). The Labute approximate surface area is 369 Å². The molecule has 0 saturated heterocycles. The fourth-order valence-corrected chi connectivity index (χ4v) is 10.3. The van der Waals surface area contributed by atoms with Gasteiger partial charge in [-0.1, -0.05) is 182 Å². The van der Waals surface area contributed by atoms with Gasteiger partial charge in [-0.05, 0) is 140 Å². The van der Waals surface area contributed by atoms with Gasteiger partial charge in [-0.2, -0.15) is 0 Å². The number of hydrogen-bond acceptors (Lipinski definition) is 2. The van der Waals surface area contributed by atoms with Gasteiger partial charge in [-0.15, -0.1) is 0 Å². The molecule has 296 valence electrons. The molecule has 1 aliphatic carbocycles. The second-order valence-corrected chi connectivity index (χ2v) is 16.5. The highest BCUT2D eigenvalue weighted by Gasteiger charge is 2.52. The molecule has 2 aliphatic rings. The number of fused-ring (bicyclic) bond motifs is 9. The summed E-state index contributed by atoms with van der Waals surface area (Å²) in [5.41, 5.74) is 21.2. The van der Waals surface area contributed by atoms with E-state index in [-0.39, 0.29) is 0 Å². The molecule has 10 aromatic rings. The first-order valence-electron chi connectivity index (χ1n) is 21.8. The van der Waals surface area contributed by atoms with E-state index in [1.165, 1.54) is 78.1 Å². The van der Waals surface area contributed by atoms with Crippen molar-refractivity contribution in [3.63, 3.8) is 0 Å². The average Bonchev–Trinajstić information content (AvgIpc) is 3.65. The predicted octanol–water partition coefficient (Wildman–Crippen LogP) is 16.3. The van der Waals surface area contributed by atoms with Crippen LogP contribution in [-0.2, 0) is 5.41 Å². The number of rotatable bonds is 7. The van der Waals surface area contributed by atoms with E-state index in [0.29, 0.717) is 0 Å². The van der Waals surface area contributed by atoms with Crippen LogP contribution >= 0.6 is 0 Å². The van der Waals surface area contributed by atoms with Crippen LogP contribution in [0.15, 0.2) is 255 Å². The Morgan fingerprint density at radius 3 is 1.10 bits per heavy atom. The lowest BCUT2D eigenvalue weighted by Crippen LogP contribution is -2.36. The van der Waals surface area contributed by atoms with Crippen molar-refractivity contribution in [3.8, 4) is 44.5 Å². The molecule has 0 aromatic heterocycles. The van der Waals surface area contributed by atoms with E-state index in [1.807, 2.05) is 0 Å². The number of anilines is 6. The van der Waals surface area contributed by atoms with E-state index < -0.39 is 5.41 Å². The molecule has 0 atom stereocenters. The summed E-state index contributed by atoms with van der Waals surface area (Å²) in [6, 6.07) is 93.2. The van der Waals surface area contributed by atoms with E-state index in [0.717, 1.165) is 22.7 Å². The van der Waals surface area contributed by atoms with Crippen LogP contribution in [0.3, 0.4) is 0 Å². The minimum atomic E-state index is -0.570. The first-order valence-corrected chi connectivity index (χ1v) is 21.8. The Bertz CT molecular complexity index is 3110. The van der Waals surface area contributed by atoms with E-state index in [2.05, 4.69) is 265 Å². The molecule has 0 bridgehead atoms. The molecule has 0 amide bonds. The summed E-state index contributed by atoms with van der Waals surface area (Å²) < 4.78 is 0. The van der Waals surface area contributed by atoms with Gasteiger partial charge in [0.25, 0.3) is 0 Å². The van der Waals surface area contributed by atoms with Crippen molar-refractivity contribution < 1.29 is 0 Å². The Hall–Kier alpha value is -8.20. The van der Waals surface area contributed by atoms with Crippen LogP contribution in [0.5, 0.6) is 0 Å². The molecule has 0 unspecified atom stereocenters. The molecule has 1 spiro atoms. The van der Waals surface area contributed by atoms with Crippen molar-refractivity contribution >= 4 is 34.1 Å². The highest BCUT2D eigenvalue weighted by atomic mass is 15.2. The summed E-state index contributed by atoms with van der Waals surface area (Å²) in [5.74, 6) is 0. The first kappa shape index (κ1) is 36.6. The Morgan fingerprint density at radius 1 is 0.270 bits per heavy atom. The minimum Gasteiger partial charge on any atom is -0.311 e. The number of benzene rings is 10. The Balaban J connectivity index is 1.03. The molecule has 0 N–H and O–H groups in total. The van der Waals surface area contributed by atoms with Crippen LogP contribution in [0.1, 0.15) is 22.3 Å². The maximum Gasteiger partial charge on any atom is 0.0754 e. The van der Waals surface area contributed by atoms with Crippen LogP contribution in [0, 0.1) is 0 Å². The predicted molar refractivity (Wildman–Crippen MR) is 263 cm³/mol. The fraction of sp³-hybridized carbons (Fsp3) is 0.0164. The molecular formula is C61H42N2. The van der Waals surface area contributed by atoms with Crippen molar-refractivity contribution in [2.45, 2.75) is 5.41 Å². The molecule has 10 aromatic carbocycles. The largest absolute Gasteiger partial charge is 0.311 e. The zero-order chi connectivity index (χ0) is 41.7. The number of nitrogens with zero attached hydrogens (tertiary/aromatic N) is 2. The third-order valence-electron chi connectivity index (χ3n) is 13.1. The summed E-state index contributed by atoms with van der Waals surface area (Å²) in [6.45, 7) is 0. The van der Waals surface area contributed by atoms with Gasteiger partial charge in [0, 0.05) is 22.7 Å². The Kier molecular flexibility index (Phi) is 8.76. The van der Waals surface area contributed by atoms with Gasteiger partial charge >= 0.3 is 0 Å². The third-order valence-corrected chi connectivity index (χ3v) is 13.1. The fourth-order valence-electron chi connectivity index (χ4n) is 10.3. The van der Waals surface area contributed by atoms with E-state index in [1.54, 1.807) is 0 Å². The normalized spacial score (nSPS) is 12.9. The van der Waals surface area contributed by atoms with Gasteiger partial charge in [0.1, 0.15) is 0 Å². The molecule has 1 aliphatic heterocycles.